The summed E-state index contributed by atoms with van der Waals surface area (Å²) in [6.07, 6.45) is 0.685. The van der Waals surface area contributed by atoms with E-state index in [-0.39, 0.29) is 12.3 Å². The van der Waals surface area contributed by atoms with Gasteiger partial charge in [-0.05, 0) is 24.1 Å². The molecular weight excluding hydrogens is 232 g/mol. The zero-order valence-corrected chi connectivity index (χ0v) is 10.3. The molecule has 98 valence electrons. The number of nitrogens with one attached hydrogen (secondary N) is 1. The first-order valence-corrected chi connectivity index (χ1v) is 5.83. The maximum atomic E-state index is 11.6. The maximum absolute atomic E-state index is 11.6. The summed E-state index contributed by atoms with van der Waals surface area (Å²) in [4.78, 5) is 22.2. The van der Waals surface area contributed by atoms with E-state index in [0.717, 1.165) is 5.56 Å². The van der Waals surface area contributed by atoms with Crippen molar-refractivity contribution in [3.05, 3.63) is 29.8 Å². The number of hydrogen-bond acceptors (Lipinski definition) is 3. The molecule has 0 aliphatic carbocycles. The Bertz CT molecular complexity index is 432. The molecule has 18 heavy (non-hydrogen) atoms. The number of rotatable bonds is 6. The van der Waals surface area contributed by atoms with Crippen molar-refractivity contribution in [2.24, 2.45) is 5.92 Å². The quantitative estimate of drug-likeness (QED) is 0.658. The number of carboxylic acid groups (broad SMARTS) is 1. The van der Waals surface area contributed by atoms with E-state index in [2.05, 4.69) is 5.32 Å². The fourth-order valence-corrected chi connectivity index (χ4v) is 1.50. The van der Waals surface area contributed by atoms with Crippen LogP contribution in [0.2, 0.25) is 0 Å². The molecule has 5 nitrogen and oxygen atoms in total. The number of carbonyl (C=O) groups is 2. The van der Waals surface area contributed by atoms with E-state index in [1.807, 2.05) is 6.07 Å². The molecule has 0 aliphatic heterocycles. The van der Waals surface area contributed by atoms with Crippen molar-refractivity contribution in [1.29, 1.82) is 0 Å². The minimum absolute atomic E-state index is 0.127. The van der Waals surface area contributed by atoms with Gasteiger partial charge in [-0.25, -0.2) is 0 Å². The lowest BCUT2D eigenvalue weighted by atomic mass is 10.1. The summed E-state index contributed by atoms with van der Waals surface area (Å²) in [5.41, 5.74) is 7.08. The van der Waals surface area contributed by atoms with Gasteiger partial charge in [0.15, 0.2) is 0 Å². The Morgan fingerprint density at radius 3 is 2.78 bits per heavy atom. The Morgan fingerprint density at radius 1 is 1.44 bits per heavy atom. The van der Waals surface area contributed by atoms with Gasteiger partial charge in [0.25, 0.3) is 0 Å². The van der Waals surface area contributed by atoms with Crippen LogP contribution in [0, 0.1) is 5.92 Å². The van der Waals surface area contributed by atoms with E-state index in [4.69, 9.17) is 10.8 Å². The molecule has 0 bridgehead atoms. The number of carboxylic acids is 1. The lowest BCUT2D eigenvalue weighted by Gasteiger charge is -2.08. The molecule has 0 saturated carbocycles. The molecule has 0 aromatic heterocycles. The molecule has 0 heterocycles. The summed E-state index contributed by atoms with van der Waals surface area (Å²) < 4.78 is 0. The monoisotopic (exact) mass is 250 g/mol. The number of nitrogens with two attached hydrogens (primary N) is 1. The van der Waals surface area contributed by atoms with Crippen LogP contribution in [0.15, 0.2) is 24.3 Å². The topological polar surface area (TPSA) is 92.4 Å². The first-order valence-electron chi connectivity index (χ1n) is 5.83. The predicted octanol–water partition coefficient (Wildman–Crippen LogP) is 1.04. The van der Waals surface area contributed by atoms with E-state index < -0.39 is 11.9 Å². The molecule has 0 spiro atoms. The molecule has 1 atom stereocenters. The van der Waals surface area contributed by atoms with Gasteiger partial charge < -0.3 is 16.2 Å². The summed E-state index contributed by atoms with van der Waals surface area (Å²) >= 11 is 0. The smallest absolute Gasteiger partial charge is 0.306 e. The van der Waals surface area contributed by atoms with Crippen molar-refractivity contribution in [2.75, 3.05) is 12.3 Å². The van der Waals surface area contributed by atoms with Crippen molar-refractivity contribution in [3.8, 4) is 0 Å². The molecule has 1 aromatic carbocycles. The van der Waals surface area contributed by atoms with Crippen LogP contribution >= 0.6 is 0 Å². The Labute approximate surface area is 106 Å². The third-order valence-corrected chi connectivity index (χ3v) is 2.64. The molecule has 5 heteroatoms. The van der Waals surface area contributed by atoms with Crippen LogP contribution < -0.4 is 11.1 Å². The number of anilines is 1. The zero-order chi connectivity index (χ0) is 13.5. The summed E-state index contributed by atoms with van der Waals surface area (Å²) in [7, 11) is 0. The predicted molar refractivity (Wildman–Crippen MR) is 69.0 cm³/mol. The third-order valence-electron chi connectivity index (χ3n) is 2.64. The Hall–Kier alpha value is -2.04. The van der Waals surface area contributed by atoms with E-state index in [0.29, 0.717) is 18.7 Å². The highest BCUT2D eigenvalue weighted by Crippen LogP contribution is 2.07. The lowest BCUT2D eigenvalue weighted by Crippen LogP contribution is -2.28. The molecular formula is C13H18N2O3. The number of carbonyl (C=O) groups excluding carboxylic acids is 1. The Kier molecular flexibility index (Phi) is 5.17. The summed E-state index contributed by atoms with van der Waals surface area (Å²) in [6, 6.07) is 7.13. The Morgan fingerprint density at radius 2 is 2.17 bits per heavy atom. The highest BCUT2D eigenvalue weighted by Gasteiger charge is 2.11. The van der Waals surface area contributed by atoms with E-state index in [9.17, 15) is 9.59 Å². The first kappa shape index (κ1) is 14.0. The zero-order valence-electron chi connectivity index (χ0n) is 10.3. The summed E-state index contributed by atoms with van der Waals surface area (Å²) in [5, 5.41) is 11.4. The second kappa shape index (κ2) is 6.64. The Balaban J connectivity index is 2.32. The van der Waals surface area contributed by atoms with Crippen molar-refractivity contribution in [3.63, 3.8) is 0 Å². The van der Waals surface area contributed by atoms with Crippen molar-refractivity contribution in [1.82, 2.24) is 5.32 Å². The van der Waals surface area contributed by atoms with Crippen LogP contribution in [-0.4, -0.2) is 23.5 Å². The van der Waals surface area contributed by atoms with E-state index in [1.54, 1.807) is 25.1 Å². The van der Waals surface area contributed by atoms with E-state index >= 15 is 0 Å². The second-order valence-corrected chi connectivity index (χ2v) is 4.30. The average molecular weight is 250 g/mol. The van der Waals surface area contributed by atoms with Crippen LogP contribution in [0.4, 0.5) is 5.69 Å². The fourth-order valence-electron chi connectivity index (χ4n) is 1.50. The van der Waals surface area contributed by atoms with Gasteiger partial charge in [0.05, 0.1) is 12.3 Å². The molecule has 0 aliphatic rings. The molecule has 1 unspecified atom stereocenters. The van der Waals surface area contributed by atoms with Crippen LogP contribution in [0.3, 0.4) is 0 Å². The van der Waals surface area contributed by atoms with Gasteiger partial charge in [0.2, 0.25) is 5.91 Å². The largest absolute Gasteiger partial charge is 0.481 e. The van der Waals surface area contributed by atoms with Gasteiger partial charge in [-0.3, -0.25) is 9.59 Å². The minimum Gasteiger partial charge on any atom is -0.481 e. The standard InChI is InChI=1S/C13H18N2O3/c1-9(13(17)18)5-6-15-12(16)8-10-3-2-4-11(14)7-10/h2-4,7,9H,5-6,8,14H2,1H3,(H,15,16)(H,17,18). The normalized spacial score (nSPS) is 11.8. The SMILES string of the molecule is CC(CCNC(=O)Cc1cccc(N)c1)C(=O)O. The number of aliphatic carboxylic acids is 1. The highest BCUT2D eigenvalue weighted by molar-refractivity contribution is 5.78. The van der Waals surface area contributed by atoms with Crippen LogP contribution in [0.25, 0.3) is 0 Å². The van der Waals surface area contributed by atoms with Gasteiger partial charge >= 0.3 is 5.97 Å². The fraction of sp³-hybridized carbons (Fsp3) is 0.385. The molecule has 1 rings (SSSR count). The average Bonchev–Trinajstić information content (AvgIpc) is 2.28. The molecule has 1 aromatic rings. The molecule has 0 radical (unpaired) electrons. The van der Waals surface area contributed by atoms with Crippen molar-refractivity contribution >= 4 is 17.6 Å². The van der Waals surface area contributed by atoms with Crippen molar-refractivity contribution in [2.45, 2.75) is 19.8 Å². The number of nitrogen functional groups attached to an aromatic ring is 1. The number of benzene rings is 1. The lowest BCUT2D eigenvalue weighted by molar-refractivity contribution is -0.141. The molecule has 4 N–H and O–H groups in total. The van der Waals surface area contributed by atoms with Crippen LogP contribution in [0.1, 0.15) is 18.9 Å². The number of hydrogen-bond donors (Lipinski definition) is 3. The third kappa shape index (κ3) is 4.86. The van der Waals surface area contributed by atoms with Crippen molar-refractivity contribution < 1.29 is 14.7 Å². The summed E-state index contributed by atoms with van der Waals surface area (Å²) in [5.74, 6) is -1.42. The summed E-state index contributed by atoms with van der Waals surface area (Å²) in [6.45, 7) is 1.99. The van der Waals surface area contributed by atoms with Crippen LogP contribution in [0.5, 0.6) is 0 Å². The molecule has 0 saturated heterocycles. The van der Waals surface area contributed by atoms with Gasteiger partial charge in [-0.15, -0.1) is 0 Å². The van der Waals surface area contributed by atoms with E-state index in [1.165, 1.54) is 0 Å². The minimum atomic E-state index is -0.847. The maximum Gasteiger partial charge on any atom is 0.306 e. The van der Waals surface area contributed by atoms with Gasteiger partial charge in [-0.2, -0.15) is 0 Å². The molecule has 0 fully saturated rings. The second-order valence-electron chi connectivity index (χ2n) is 4.30. The van der Waals surface area contributed by atoms with Crippen LogP contribution in [-0.2, 0) is 16.0 Å². The first-order chi connectivity index (χ1) is 8.49. The van der Waals surface area contributed by atoms with Gasteiger partial charge in [0.1, 0.15) is 0 Å². The van der Waals surface area contributed by atoms with Gasteiger partial charge in [-0.1, -0.05) is 19.1 Å². The van der Waals surface area contributed by atoms with Gasteiger partial charge in [0, 0.05) is 12.2 Å². The number of amides is 1. The molecule has 1 amide bonds. The highest BCUT2D eigenvalue weighted by atomic mass is 16.4.